The van der Waals surface area contributed by atoms with Gasteiger partial charge in [-0.05, 0) is 6.92 Å². The van der Waals surface area contributed by atoms with Gasteiger partial charge in [0.15, 0.2) is 0 Å². The van der Waals surface area contributed by atoms with Crippen molar-refractivity contribution in [1.29, 1.82) is 0 Å². The average Bonchev–Trinajstić information content (AvgIpc) is 1.88. The van der Waals surface area contributed by atoms with Crippen molar-refractivity contribution in [3.05, 3.63) is 12.2 Å². The van der Waals surface area contributed by atoms with Gasteiger partial charge in [0, 0.05) is 18.5 Å². The monoisotopic (exact) mass is 143 g/mol. The zero-order valence-corrected chi connectivity index (χ0v) is 6.44. The number of carbonyl (C=O) groups is 1. The van der Waals surface area contributed by atoms with Crippen LogP contribution in [0.25, 0.3) is 0 Å². The Hall–Kier alpha value is -0.830. The molecule has 0 bridgehead atoms. The van der Waals surface area contributed by atoms with Crippen LogP contribution in [0.15, 0.2) is 12.2 Å². The van der Waals surface area contributed by atoms with Gasteiger partial charge in [-0.25, -0.2) is 0 Å². The van der Waals surface area contributed by atoms with Crippen molar-refractivity contribution >= 4 is 5.91 Å². The summed E-state index contributed by atoms with van der Waals surface area (Å²) in [4.78, 5) is 10.8. The van der Waals surface area contributed by atoms with Gasteiger partial charge in [-0.3, -0.25) is 4.79 Å². The van der Waals surface area contributed by atoms with Gasteiger partial charge in [-0.1, -0.05) is 6.58 Å². The van der Waals surface area contributed by atoms with E-state index in [2.05, 4.69) is 17.6 Å². The van der Waals surface area contributed by atoms with Crippen LogP contribution in [-0.4, -0.2) is 19.0 Å². The summed E-state index contributed by atoms with van der Waals surface area (Å²) in [6.45, 7) is 6.76. The highest BCUT2D eigenvalue weighted by atomic mass is 16.1. The van der Waals surface area contributed by atoms with E-state index in [1.807, 2.05) is 0 Å². The number of carbonyl (C=O) groups excluding carboxylic acids is 1. The molecule has 0 radical (unpaired) electrons. The smallest absolute Gasteiger partial charge is 0.246 e. The second kappa shape index (κ2) is 4.99. The van der Waals surface area contributed by atoms with E-state index in [1.54, 1.807) is 6.92 Å². The Kier molecular flexibility index (Phi) is 4.58. The highest BCUT2D eigenvalue weighted by Gasteiger charge is 1.98. The van der Waals surface area contributed by atoms with Gasteiger partial charge in [0.2, 0.25) is 5.91 Å². The van der Waals surface area contributed by atoms with Crippen LogP contribution in [0.5, 0.6) is 0 Å². The highest BCUT2D eigenvalue weighted by molar-refractivity contribution is 5.91. The van der Waals surface area contributed by atoms with E-state index >= 15 is 0 Å². The van der Waals surface area contributed by atoms with Gasteiger partial charge >= 0.3 is 0 Å². The quantitative estimate of drug-likeness (QED) is 0.397. The Balaban J connectivity index is 3.31. The minimum atomic E-state index is -0.0616. The minimum absolute atomic E-state index is 0.0616. The second-order valence-corrected chi connectivity index (χ2v) is 2.24. The molecule has 3 nitrogen and oxygen atoms in total. The SMILES string of the molecule is C=C(C)C(=O)NCCC[NH3+]. The van der Waals surface area contributed by atoms with Crippen LogP contribution in [0.2, 0.25) is 0 Å². The fourth-order valence-electron chi connectivity index (χ4n) is 0.478. The van der Waals surface area contributed by atoms with E-state index in [0.29, 0.717) is 12.1 Å². The Labute approximate surface area is 61.3 Å². The predicted molar refractivity (Wildman–Crippen MR) is 40.2 cm³/mol. The minimum Gasteiger partial charge on any atom is -0.358 e. The summed E-state index contributed by atoms with van der Waals surface area (Å²) in [5.74, 6) is -0.0616. The first kappa shape index (κ1) is 9.17. The number of rotatable bonds is 4. The molecule has 10 heavy (non-hydrogen) atoms. The van der Waals surface area contributed by atoms with Gasteiger partial charge in [0.1, 0.15) is 0 Å². The number of hydrogen-bond acceptors (Lipinski definition) is 1. The fourth-order valence-corrected chi connectivity index (χ4v) is 0.478. The summed E-state index contributed by atoms with van der Waals surface area (Å²) in [7, 11) is 0. The fraction of sp³-hybridized carbons (Fsp3) is 0.571. The largest absolute Gasteiger partial charge is 0.358 e. The van der Waals surface area contributed by atoms with E-state index in [9.17, 15) is 4.79 Å². The van der Waals surface area contributed by atoms with Crippen molar-refractivity contribution in [2.24, 2.45) is 0 Å². The molecule has 0 atom stereocenters. The molecule has 0 fully saturated rings. The summed E-state index contributed by atoms with van der Waals surface area (Å²) in [6.07, 6.45) is 0.930. The molecule has 3 heteroatoms. The second-order valence-electron chi connectivity index (χ2n) is 2.24. The molecule has 58 valence electrons. The first-order valence-corrected chi connectivity index (χ1v) is 3.41. The molecule has 0 saturated carbocycles. The molecule has 0 heterocycles. The van der Waals surface area contributed by atoms with Crippen molar-refractivity contribution in [2.45, 2.75) is 13.3 Å². The Morgan fingerprint density at radius 3 is 2.70 bits per heavy atom. The van der Waals surface area contributed by atoms with Crippen LogP contribution in [0.3, 0.4) is 0 Å². The lowest BCUT2D eigenvalue weighted by molar-refractivity contribution is -0.367. The van der Waals surface area contributed by atoms with Crippen molar-refractivity contribution in [3.8, 4) is 0 Å². The van der Waals surface area contributed by atoms with Crippen molar-refractivity contribution in [1.82, 2.24) is 5.32 Å². The normalized spacial score (nSPS) is 9.00. The van der Waals surface area contributed by atoms with E-state index in [1.165, 1.54) is 0 Å². The molecule has 1 amide bonds. The van der Waals surface area contributed by atoms with Crippen LogP contribution in [0.4, 0.5) is 0 Å². The molecule has 0 aliphatic heterocycles. The van der Waals surface area contributed by atoms with Gasteiger partial charge in [0.05, 0.1) is 6.54 Å². The third-order valence-electron chi connectivity index (χ3n) is 1.10. The number of hydrogen-bond donors (Lipinski definition) is 2. The zero-order valence-electron chi connectivity index (χ0n) is 6.44. The molecular formula is C7H15N2O+. The van der Waals surface area contributed by atoms with Crippen molar-refractivity contribution in [3.63, 3.8) is 0 Å². The first-order chi connectivity index (χ1) is 4.68. The molecule has 0 spiro atoms. The molecule has 0 aromatic rings. The van der Waals surface area contributed by atoms with Crippen LogP contribution in [0, 0.1) is 0 Å². The van der Waals surface area contributed by atoms with Crippen LogP contribution < -0.4 is 11.1 Å². The summed E-state index contributed by atoms with van der Waals surface area (Å²) < 4.78 is 0. The van der Waals surface area contributed by atoms with E-state index in [-0.39, 0.29) is 5.91 Å². The molecule has 0 aromatic heterocycles. The lowest BCUT2D eigenvalue weighted by Gasteiger charge is -2.00. The molecule has 4 N–H and O–H groups in total. The van der Waals surface area contributed by atoms with Crippen LogP contribution >= 0.6 is 0 Å². The van der Waals surface area contributed by atoms with Gasteiger partial charge in [-0.2, -0.15) is 0 Å². The van der Waals surface area contributed by atoms with E-state index < -0.39 is 0 Å². The maximum absolute atomic E-state index is 10.8. The molecule has 0 rings (SSSR count). The standard InChI is InChI=1S/C7H14N2O/c1-6(2)7(10)9-5-3-4-8/h1,3-5,8H2,2H3,(H,9,10)/p+1. The van der Waals surface area contributed by atoms with Crippen LogP contribution in [-0.2, 0) is 4.79 Å². The highest BCUT2D eigenvalue weighted by Crippen LogP contribution is 1.84. The third kappa shape index (κ3) is 4.09. The molecular weight excluding hydrogens is 128 g/mol. The van der Waals surface area contributed by atoms with E-state index in [4.69, 9.17) is 0 Å². The van der Waals surface area contributed by atoms with Gasteiger partial charge in [-0.15, -0.1) is 0 Å². The lowest BCUT2D eigenvalue weighted by atomic mass is 10.3. The number of amides is 1. The van der Waals surface area contributed by atoms with Crippen molar-refractivity contribution in [2.75, 3.05) is 13.1 Å². The van der Waals surface area contributed by atoms with E-state index in [0.717, 1.165) is 13.0 Å². The van der Waals surface area contributed by atoms with Gasteiger partial charge < -0.3 is 11.1 Å². The maximum atomic E-state index is 10.8. The Morgan fingerprint density at radius 2 is 2.30 bits per heavy atom. The lowest BCUT2D eigenvalue weighted by Crippen LogP contribution is -2.51. The molecule has 0 aliphatic carbocycles. The Morgan fingerprint density at radius 1 is 1.70 bits per heavy atom. The van der Waals surface area contributed by atoms with Crippen LogP contribution in [0.1, 0.15) is 13.3 Å². The molecule has 0 unspecified atom stereocenters. The number of quaternary nitrogens is 1. The summed E-state index contributed by atoms with van der Waals surface area (Å²) in [5, 5.41) is 2.70. The average molecular weight is 143 g/mol. The summed E-state index contributed by atoms with van der Waals surface area (Å²) in [6, 6.07) is 0. The third-order valence-corrected chi connectivity index (χ3v) is 1.10. The molecule has 0 aromatic carbocycles. The maximum Gasteiger partial charge on any atom is 0.246 e. The van der Waals surface area contributed by atoms with Crippen molar-refractivity contribution < 1.29 is 10.5 Å². The summed E-state index contributed by atoms with van der Waals surface area (Å²) >= 11 is 0. The predicted octanol–water partition coefficient (Wildman–Crippen LogP) is -0.689. The molecule has 0 aliphatic rings. The summed E-state index contributed by atoms with van der Waals surface area (Å²) in [5.41, 5.74) is 4.21. The zero-order chi connectivity index (χ0) is 7.98. The first-order valence-electron chi connectivity index (χ1n) is 3.41. The topological polar surface area (TPSA) is 56.7 Å². The Bertz CT molecular complexity index is 132. The number of nitrogens with one attached hydrogen (secondary N) is 1. The molecule has 0 saturated heterocycles. The van der Waals surface area contributed by atoms with Gasteiger partial charge in [0.25, 0.3) is 0 Å².